The Morgan fingerprint density at radius 1 is 0.774 bits per heavy atom. The minimum atomic E-state index is -4.49. The van der Waals surface area contributed by atoms with Crippen molar-refractivity contribution in [1.29, 1.82) is 0 Å². The van der Waals surface area contributed by atoms with Gasteiger partial charge in [-0.05, 0) is 0 Å². The number of carbonyl (C=O) groups excluding carboxylic acids is 1. The van der Waals surface area contributed by atoms with Crippen molar-refractivity contribution in [2.24, 2.45) is 5.92 Å². The van der Waals surface area contributed by atoms with Crippen LogP contribution in [0.25, 0.3) is 0 Å². The molecule has 0 heterocycles. The molecule has 0 spiro atoms. The second kappa shape index (κ2) is 13.0. The molecule has 0 aromatic carbocycles. The zero-order chi connectivity index (χ0) is 24.3. The van der Waals surface area contributed by atoms with Crippen molar-refractivity contribution in [2.75, 3.05) is 73.7 Å². The summed E-state index contributed by atoms with van der Waals surface area (Å²) in [5.41, 5.74) is 0. The SMILES string of the molecule is CC(C)C(=O)OCC[N+](C)(CCCOS(=O)(=O)O)CC[N+](C)(C)CCCOS(=O)(=O)O. The standard InChI is InChI=1S/C17H36N2O10S2/c1-16(2)17(20)27-15-12-19(5,9-7-14-29-31(24,25)26)11-10-18(3,4)8-6-13-28-30(21,22)23/h16H,6-15H2,1-5H3/p+2. The van der Waals surface area contributed by atoms with Gasteiger partial charge in [-0.3, -0.25) is 13.9 Å². The van der Waals surface area contributed by atoms with Crippen molar-refractivity contribution in [3.63, 3.8) is 0 Å². The summed E-state index contributed by atoms with van der Waals surface area (Å²) in [5, 5.41) is 0. The van der Waals surface area contributed by atoms with Crippen molar-refractivity contribution in [3.8, 4) is 0 Å². The summed E-state index contributed by atoms with van der Waals surface area (Å²) in [6.07, 6.45) is 0.786. The van der Waals surface area contributed by atoms with Gasteiger partial charge in [-0.1, -0.05) is 13.8 Å². The van der Waals surface area contributed by atoms with Crippen LogP contribution in [0.5, 0.6) is 0 Å². The summed E-state index contributed by atoms with van der Waals surface area (Å²) in [4.78, 5) is 11.7. The third-order valence-corrected chi connectivity index (χ3v) is 5.74. The first-order chi connectivity index (χ1) is 13.9. The largest absolute Gasteiger partial charge is 0.459 e. The molecule has 0 saturated carbocycles. The molecule has 0 amide bonds. The van der Waals surface area contributed by atoms with Crippen LogP contribution in [0.15, 0.2) is 0 Å². The second-order valence-electron chi connectivity index (χ2n) is 8.70. The molecule has 186 valence electrons. The molecule has 12 nitrogen and oxygen atoms in total. The summed E-state index contributed by atoms with van der Waals surface area (Å²) in [5.74, 6) is -0.529. The van der Waals surface area contributed by atoms with Crippen LogP contribution >= 0.6 is 0 Å². The lowest BCUT2D eigenvalue weighted by atomic mass is 10.2. The quantitative estimate of drug-likeness (QED) is 0.123. The number of likely N-dealkylation sites (N-methyl/N-ethyl adjacent to an activating group) is 2. The number of carbonyl (C=O) groups is 1. The molecule has 2 N–H and O–H groups in total. The van der Waals surface area contributed by atoms with Gasteiger partial charge >= 0.3 is 26.8 Å². The minimum Gasteiger partial charge on any atom is -0.459 e. The Morgan fingerprint density at radius 3 is 1.71 bits per heavy atom. The van der Waals surface area contributed by atoms with Gasteiger partial charge in [-0.25, -0.2) is 8.37 Å². The van der Waals surface area contributed by atoms with Crippen molar-refractivity contribution in [2.45, 2.75) is 26.7 Å². The van der Waals surface area contributed by atoms with Crippen molar-refractivity contribution in [3.05, 3.63) is 0 Å². The first kappa shape index (κ1) is 30.1. The molecule has 0 aliphatic carbocycles. The first-order valence-electron chi connectivity index (χ1n) is 10.0. The highest BCUT2D eigenvalue weighted by atomic mass is 32.3. The zero-order valence-electron chi connectivity index (χ0n) is 19.0. The van der Waals surface area contributed by atoms with Gasteiger partial charge in [-0.2, -0.15) is 16.8 Å². The van der Waals surface area contributed by atoms with Gasteiger partial charge in [0.1, 0.15) is 26.2 Å². The molecule has 0 rings (SSSR count). The molecule has 0 aromatic rings. The number of nitrogens with zero attached hydrogens (tertiary/aromatic N) is 2. The van der Waals surface area contributed by atoms with E-state index in [1.807, 2.05) is 21.1 Å². The average Bonchev–Trinajstić information content (AvgIpc) is 2.59. The Morgan fingerprint density at radius 2 is 1.26 bits per heavy atom. The van der Waals surface area contributed by atoms with Crippen molar-refractivity contribution in [1.82, 2.24) is 0 Å². The summed E-state index contributed by atoms with van der Waals surface area (Å²) >= 11 is 0. The van der Waals surface area contributed by atoms with E-state index in [4.69, 9.17) is 13.8 Å². The fourth-order valence-electron chi connectivity index (χ4n) is 2.76. The number of esters is 1. The van der Waals surface area contributed by atoms with Crippen LogP contribution in [-0.2, 0) is 38.7 Å². The van der Waals surface area contributed by atoms with E-state index in [1.54, 1.807) is 13.8 Å². The van der Waals surface area contributed by atoms with Crippen LogP contribution in [0.4, 0.5) is 0 Å². The molecule has 0 aliphatic heterocycles. The highest BCUT2D eigenvalue weighted by Gasteiger charge is 2.27. The molecule has 0 radical (unpaired) electrons. The van der Waals surface area contributed by atoms with E-state index in [1.165, 1.54) is 0 Å². The molecule has 1 atom stereocenters. The number of rotatable bonds is 17. The molecule has 14 heteroatoms. The first-order valence-corrected chi connectivity index (χ1v) is 12.7. The van der Waals surface area contributed by atoms with Crippen LogP contribution < -0.4 is 0 Å². The molecule has 0 bridgehead atoms. The van der Waals surface area contributed by atoms with E-state index >= 15 is 0 Å². The number of quaternary nitrogens is 2. The monoisotopic (exact) mass is 494 g/mol. The van der Waals surface area contributed by atoms with E-state index in [0.29, 0.717) is 54.5 Å². The molecular weight excluding hydrogens is 456 g/mol. The maximum Gasteiger partial charge on any atom is 0.397 e. The Hall–Kier alpha value is -0.870. The Balaban J connectivity index is 4.79. The van der Waals surface area contributed by atoms with Gasteiger partial charge in [-0.15, -0.1) is 0 Å². The Bertz CT molecular complexity index is 753. The molecular formula is C17H38N2O10S2+2. The molecule has 31 heavy (non-hydrogen) atoms. The van der Waals surface area contributed by atoms with Crippen LogP contribution in [-0.4, -0.2) is 115 Å². The predicted octanol–water partition coefficient (Wildman–Crippen LogP) is 0.128. The molecule has 0 aliphatic rings. The second-order valence-corrected chi connectivity index (χ2v) is 10.9. The highest BCUT2D eigenvalue weighted by Crippen LogP contribution is 2.10. The van der Waals surface area contributed by atoms with Gasteiger partial charge in [0.25, 0.3) is 0 Å². The summed E-state index contributed by atoms with van der Waals surface area (Å²) < 4.78 is 75.0. The third-order valence-electron chi connectivity index (χ3n) is 4.81. The normalized spacial score (nSPS) is 15.1. The van der Waals surface area contributed by atoms with E-state index in [9.17, 15) is 21.6 Å². The molecule has 0 fully saturated rings. The highest BCUT2D eigenvalue weighted by molar-refractivity contribution is 7.81. The van der Waals surface area contributed by atoms with Crippen LogP contribution in [0.1, 0.15) is 26.7 Å². The summed E-state index contributed by atoms with van der Waals surface area (Å²) in [7, 11) is -3.04. The van der Waals surface area contributed by atoms with Crippen LogP contribution in [0.3, 0.4) is 0 Å². The van der Waals surface area contributed by atoms with Gasteiger partial charge in [0.05, 0.1) is 53.4 Å². The summed E-state index contributed by atoms with van der Waals surface area (Å²) in [6, 6.07) is 0. The van der Waals surface area contributed by atoms with Gasteiger partial charge in [0.15, 0.2) is 0 Å². The van der Waals surface area contributed by atoms with Crippen LogP contribution in [0, 0.1) is 5.92 Å². The molecule has 0 aromatic heterocycles. The van der Waals surface area contributed by atoms with E-state index < -0.39 is 20.8 Å². The number of ether oxygens (including phenoxy) is 1. The Labute approximate surface area is 186 Å². The lowest BCUT2D eigenvalue weighted by molar-refractivity contribution is -0.955. The smallest absolute Gasteiger partial charge is 0.397 e. The molecule has 1 unspecified atom stereocenters. The van der Waals surface area contributed by atoms with Gasteiger partial charge in [0.2, 0.25) is 0 Å². The maximum atomic E-state index is 11.7. The van der Waals surface area contributed by atoms with Gasteiger partial charge < -0.3 is 13.7 Å². The van der Waals surface area contributed by atoms with E-state index in [0.717, 1.165) is 0 Å². The van der Waals surface area contributed by atoms with E-state index in [2.05, 4.69) is 8.37 Å². The van der Waals surface area contributed by atoms with Crippen LogP contribution in [0.2, 0.25) is 0 Å². The fraction of sp³-hybridized carbons (Fsp3) is 0.941. The van der Waals surface area contributed by atoms with Gasteiger partial charge in [0, 0.05) is 12.8 Å². The average molecular weight is 495 g/mol. The Kier molecular flexibility index (Phi) is 12.6. The topological polar surface area (TPSA) is 154 Å². The summed E-state index contributed by atoms with van der Waals surface area (Å²) in [6.45, 7) is 6.41. The third kappa shape index (κ3) is 17.4. The predicted molar refractivity (Wildman–Crippen MR) is 113 cm³/mol. The lowest BCUT2D eigenvalue weighted by Gasteiger charge is -2.38. The van der Waals surface area contributed by atoms with E-state index in [-0.39, 0.29) is 31.7 Å². The maximum absolute atomic E-state index is 11.7. The molecule has 0 saturated heterocycles. The minimum absolute atomic E-state index is 0.120. The van der Waals surface area contributed by atoms with Crippen molar-refractivity contribution < 1.29 is 52.8 Å². The number of hydrogen-bond acceptors (Lipinski definition) is 8. The number of hydrogen-bond donors (Lipinski definition) is 2. The fourth-order valence-corrected chi connectivity index (χ4v) is 3.42. The van der Waals surface area contributed by atoms with Crippen molar-refractivity contribution >= 4 is 26.8 Å². The zero-order valence-corrected chi connectivity index (χ0v) is 20.7. The lowest BCUT2D eigenvalue weighted by Crippen LogP contribution is -2.55.